The van der Waals surface area contributed by atoms with E-state index in [9.17, 15) is 15.0 Å². The summed E-state index contributed by atoms with van der Waals surface area (Å²) >= 11 is 0. The van der Waals surface area contributed by atoms with Gasteiger partial charge in [-0.05, 0) is 12.8 Å². The summed E-state index contributed by atoms with van der Waals surface area (Å²) in [4.78, 5) is 11.7. The molecule has 0 amide bonds. The van der Waals surface area contributed by atoms with Crippen LogP contribution < -0.4 is 0 Å². The first-order chi connectivity index (χ1) is 9.48. The molecule has 2 aliphatic carbocycles. The van der Waals surface area contributed by atoms with Crippen molar-refractivity contribution in [2.45, 2.75) is 74.6 Å². The standard InChI is InChI=1S/C14H22O6.Ac/c1-18-12(16)13(17)7-9(15)11-10(8-13)19-14(20-11)5-3-2-4-6-14;/h9-11,15,17H,2-8H2,1H3;. The molecule has 0 bridgehead atoms. The molecule has 2 saturated carbocycles. The number of aliphatic hydroxyl groups is 2. The van der Waals surface area contributed by atoms with Crippen molar-refractivity contribution in [3.05, 3.63) is 0 Å². The van der Waals surface area contributed by atoms with Crippen LogP contribution in [0.15, 0.2) is 0 Å². The number of rotatable bonds is 1. The smallest absolute Gasteiger partial charge is 0.338 e. The third-order valence-electron chi connectivity index (χ3n) is 4.73. The summed E-state index contributed by atoms with van der Waals surface area (Å²) in [6.45, 7) is 0. The zero-order chi connectivity index (χ0) is 14.4. The van der Waals surface area contributed by atoms with Crippen molar-refractivity contribution in [1.82, 2.24) is 0 Å². The number of esters is 1. The SMILES string of the molecule is COC(=O)C1(O)CC(O)C2OC3(CCCCC3)OC2C1.[Ac]. The molecule has 1 saturated heterocycles. The Hall–Kier alpha value is 0.752. The molecule has 2 N–H and O–H groups in total. The van der Waals surface area contributed by atoms with Crippen molar-refractivity contribution in [2.75, 3.05) is 7.11 Å². The second-order valence-electron chi connectivity index (χ2n) is 6.21. The number of carbonyl (C=O) groups is 1. The van der Waals surface area contributed by atoms with Gasteiger partial charge in [-0.1, -0.05) is 6.42 Å². The average Bonchev–Trinajstić information content (AvgIpc) is 2.76. The normalized spacial score (nSPS) is 41.2. The Kier molecular flexibility index (Phi) is 5.78. The van der Waals surface area contributed by atoms with Crippen LogP contribution >= 0.6 is 0 Å². The molecule has 0 aromatic heterocycles. The predicted octanol–water partition coefficient (Wildman–Crippen LogP) is 0.490. The fourth-order valence-corrected chi connectivity index (χ4v) is 3.74. The van der Waals surface area contributed by atoms with Gasteiger partial charge >= 0.3 is 5.97 Å². The minimum absolute atomic E-state index is 0. The van der Waals surface area contributed by atoms with Crippen LogP contribution in [0.3, 0.4) is 0 Å². The first-order valence-electron chi connectivity index (χ1n) is 7.33. The third-order valence-corrected chi connectivity index (χ3v) is 4.73. The molecule has 117 valence electrons. The van der Waals surface area contributed by atoms with Gasteiger partial charge in [-0.2, -0.15) is 0 Å². The van der Waals surface area contributed by atoms with Crippen LogP contribution in [0.4, 0.5) is 0 Å². The summed E-state index contributed by atoms with van der Waals surface area (Å²) in [5.41, 5.74) is -1.68. The largest absolute Gasteiger partial charge is 0.467 e. The number of fused-ring (bicyclic) bond motifs is 1. The van der Waals surface area contributed by atoms with Crippen molar-refractivity contribution < 1.29 is 73.3 Å². The Labute approximate surface area is 160 Å². The van der Waals surface area contributed by atoms with Gasteiger partial charge in [0.25, 0.3) is 0 Å². The van der Waals surface area contributed by atoms with Crippen LogP contribution in [0.1, 0.15) is 44.9 Å². The number of ether oxygens (including phenoxy) is 3. The Morgan fingerprint density at radius 3 is 2.48 bits per heavy atom. The summed E-state index contributed by atoms with van der Waals surface area (Å²) in [7, 11) is 1.23. The zero-order valence-electron chi connectivity index (χ0n) is 12.3. The van der Waals surface area contributed by atoms with Crippen molar-refractivity contribution >= 4 is 5.97 Å². The predicted molar refractivity (Wildman–Crippen MR) is 67.8 cm³/mol. The van der Waals surface area contributed by atoms with Gasteiger partial charge in [0.1, 0.15) is 6.10 Å². The maximum atomic E-state index is 11.7. The summed E-state index contributed by atoms with van der Waals surface area (Å²) in [5, 5.41) is 20.6. The van der Waals surface area contributed by atoms with E-state index in [0.717, 1.165) is 25.7 Å². The van der Waals surface area contributed by atoms with E-state index in [1.807, 2.05) is 0 Å². The Bertz CT molecular complexity index is 397. The van der Waals surface area contributed by atoms with Gasteiger partial charge in [-0.25, -0.2) is 4.79 Å². The average molecular weight is 513 g/mol. The first-order valence-corrected chi connectivity index (χ1v) is 7.33. The number of hydrogen-bond donors (Lipinski definition) is 2. The van der Waals surface area contributed by atoms with Gasteiger partial charge in [-0.3, -0.25) is 0 Å². The molecule has 6 nitrogen and oxygen atoms in total. The molecule has 4 atom stereocenters. The van der Waals surface area contributed by atoms with Crippen molar-refractivity contribution in [2.24, 2.45) is 0 Å². The zero-order valence-corrected chi connectivity index (χ0v) is 17.0. The van der Waals surface area contributed by atoms with E-state index in [-0.39, 0.29) is 56.9 Å². The second-order valence-corrected chi connectivity index (χ2v) is 6.21. The van der Waals surface area contributed by atoms with Gasteiger partial charge in [-0.15, -0.1) is 0 Å². The van der Waals surface area contributed by atoms with Gasteiger partial charge in [0.15, 0.2) is 11.4 Å². The number of aliphatic hydroxyl groups excluding tert-OH is 1. The van der Waals surface area contributed by atoms with Gasteiger partial charge < -0.3 is 24.4 Å². The molecule has 0 aromatic carbocycles. The van der Waals surface area contributed by atoms with Crippen LogP contribution in [0.2, 0.25) is 0 Å². The van der Waals surface area contributed by atoms with Crippen molar-refractivity contribution in [3.63, 3.8) is 0 Å². The summed E-state index contributed by atoms with van der Waals surface area (Å²) in [6, 6.07) is 0. The molecule has 21 heavy (non-hydrogen) atoms. The number of hydrogen-bond acceptors (Lipinski definition) is 6. The Balaban J connectivity index is 0.00000161. The van der Waals surface area contributed by atoms with Crippen LogP contribution in [0.5, 0.6) is 0 Å². The minimum Gasteiger partial charge on any atom is -0.467 e. The molecule has 1 heterocycles. The van der Waals surface area contributed by atoms with E-state index in [4.69, 9.17) is 9.47 Å². The molecule has 1 radical (unpaired) electrons. The summed E-state index contributed by atoms with van der Waals surface area (Å²) in [6.07, 6.45) is 3.07. The molecule has 3 fully saturated rings. The second kappa shape index (κ2) is 6.70. The van der Waals surface area contributed by atoms with E-state index in [2.05, 4.69) is 4.74 Å². The molecular weight excluding hydrogens is 491 g/mol. The molecule has 4 unspecified atom stereocenters. The third kappa shape index (κ3) is 3.34. The molecule has 3 aliphatic rings. The van der Waals surface area contributed by atoms with E-state index in [1.165, 1.54) is 13.5 Å². The fraction of sp³-hybridized carbons (Fsp3) is 0.929. The maximum absolute atomic E-state index is 11.7. The quantitative estimate of drug-likeness (QED) is 0.497. The van der Waals surface area contributed by atoms with Gasteiger partial charge in [0, 0.05) is 69.7 Å². The fourth-order valence-electron chi connectivity index (χ4n) is 3.74. The Morgan fingerprint density at radius 1 is 1.19 bits per heavy atom. The topological polar surface area (TPSA) is 85.2 Å². The molecular formula is C14H22AcO6. The van der Waals surface area contributed by atoms with E-state index < -0.39 is 35.7 Å². The molecule has 1 spiro atoms. The van der Waals surface area contributed by atoms with E-state index >= 15 is 0 Å². The number of carbonyl (C=O) groups excluding carboxylic acids is 1. The Morgan fingerprint density at radius 2 is 1.86 bits per heavy atom. The summed E-state index contributed by atoms with van der Waals surface area (Å²) < 4.78 is 16.6. The maximum Gasteiger partial charge on any atom is 0.338 e. The van der Waals surface area contributed by atoms with Crippen LogP contribution in [0.25, 0.3) is 0 Å². The van der Waals surface area contributed by atoms with E-state index in [1.54, 1.807) is 0 Å². The summed E-state index contributed by atoms with van der Waals surface area (Å²) in [5.74, 6) is -1.35. The molecule has 0 aromatic rings. The molecule has 7 heteroatoms. The molecule has 3 rings (SSSR count). The van der Waals surface area contributed by atoms with Crippen molar-refractivity contribution in [1.29, 1.82) is 0 Å². The van der Waals surface area contributed by atoms with Crippen LogP contribution in [-0.4, -0.2) is 53.0 Å². The van der Waals surface area contributed by atoms with Gasteiger partial charge in [0.2, 0.25) is 0 Å². The minimum atomic E-state index is -1.68. The van der Waals surface area contributed by atoms with Crippen LogP contribution in [-0.2, 0) is 19.0 Å². The number of methoxy groups -OCH3 is 1. The van der Waals surface area contributed by atoms with Gasteiger partial charge in [0.05, 0.1) is 19.3 Å². The van der Waals surface area contributed by atoms with Crippen LogP contribution in [0, 0.1) is 44.1 Å². The van der Waals surface area contributed by atoms with Crippen molar-refractivity contribution in [3.8, 4) is 0 Å². The van der Waals surface area contributed by atoms with E-state index in [0.29, 0.717) is 0 Å². The first kappa shape index (κ1) is 18.1. The monoisotopic (exact) mass is 513 g/mol. The molecule has 1 aliphatic heterocycles.